The first kappa shape index (κ1) is 13.6. The number of nitrogen functional groups attached to an aromatic ring is 1. The van der Waals surface area contributed by atoms with Gasteiger partial charge in [-0.15, -0.1) is 0 Å². The molecule has 1 aromatic carbocycles. The van der Waals surface area contributed by atoms with Crippen LogP contribution in [0.5, 0.6) is 0 Å². The van der Waals surface area contributed by atoms with Crippen molar-refractivity contribution in [3.05, 3.63) is 29.6 Å². The number of nitrogens with zero attached hydrogens (tertiary/aromatic N) is 1. The molecule has 1 fully saturated rings. The van der Waals surface area contributed by atoms with E-state index < -0.39 is 24.4 Å². The van der Waals surface area contributed by atoms with Crippen LogP contribution in [-0.2, 0) is 0 Å². The molecule has 3 nitrogen and oxygen atoms in total. The molecular weight excluding hydrogens is 262 g/mol. The van der Waals surface area contributed by atoms with Crippen molar-refractivity contribution in [3.63, 3.8) is 0 Å². The predicted molar refractivity (Wildman–Crippen MR) is 63.8 cm³/mol. The second kappa shape index (κ2) is 4.71. The first-order valence-electron chi connectivity index (χ1n) is 5.76. The average molecular weight is 275 g/mol. The van der Waals surface area contributed by atoms with E-state index in [0.717, 1.165) is 11.0 Å². The molecule has 1 aliphatic rings. The number of halogens is 4. The second-order valence-electron chi connectivity index (χ2n) is 4.52. The average Bonchev–Trinajstić information content (AvgIpc) is 3.07. The van der Waals surface area contributed by atoms with E-state index in [0.29, 0.717) is 12.8 Å². The smallest absolute Gasteiger partial charge is 0.384 e. The fraction of sp³-hybridized carbons (Fsp3) is 0.417. The van der Waals surface area contributed by atoms with E-state index in [-0.39, 0.29) is 17.3 Å². The molecule has 1 aliphatic carbocycles. The van der Waals surface area contributed by atoms with Gasteiger partial charge in [-0.2, -0.15) is 13.2 Å². The third-order valence-electron chi connectivity index (χ3n) is 2.91. The molecule has 104 valence electrons. The third kappa shape index (κ3) is 3.15. The standard InChI is InChI=1S/C12H13F4N3/c13-8-2-1-3-9(10(8)11(17)18)19(7-4-5-7)6-12(14,15)16/h1-3,7H,4-6H2,(H3,17,18). The summed E-state index contributed by atoms with van der Waals surface area (Å²) >= 11 is 0. The molecule has 0 bridgehead atoms. The summed E-state index contributed by atoms with van der Waals surface area (Å²) in [5.41, 5.74) is 5.04. The fourth-order valence-electron chi connectivity index (χ4n) is 2.01. The summed E-state index contributed by atoms with van der Waals surface area (Å²) in [6.45, 7) is -1.17. The van der Waals surface area contributed by atoms with E-state index in [1.807, 2.05) is 0 Å². The summed E-state index contributed by atoms with van der Waals surface area (Å²) < 4.78 is 51.4. The Morgan fingerprint density at radius 3 is 2.47 bits per heavy atom. The van der Waals surface area contributed by atoms with Gasteiger partial charge in [-0.25, -0.2) is 4.39 Å². The molecule has 0 aliphatic heterocycles. The van der Waals surface area contributed by atoms with Gasteiger partial charge in [-0.1, -0.05) is 6.07 Å². The van der Waals surface area contributed by atoms with Crippen LogP contribution in [0.4, 0.5) is 23.2 Å². The van der Waals surface area contributed by atoms with Crippen molar-refractivity contribution in [2.75, 3.05) is 11.4 Å². The van der Waals surface area contributed by atoms with Gasteiger partial charge in [-0.05, 0) is 25.0 Å². The molecule has 0 unspecified atom stereocenters. The maximum absolute atomic E-state index is 13.6. The highest BCUT2D eigenvalue weighted by Gasteiger charge is 2.39. The van der Waals surface area contributed by atoms with Gasteiger partial charge in [-0.3, -0.25) is 5.41 Å². The lowest BCUT2D eigenvalue weighted by atomic mass is 10.1. The number of rotatable bonds is 4. The van der Waals surface area contributed by atoms with E-state index in [9.17, 15) is 17.6 Å². The minimum Gasteiger partial charge on any atom is -0.384 e. The number of nitrogens with two attached hydrogens (primary N) is 1. The van der Waals surface area contributed by atoms with Crippen LogP contribution in [0.3, 0.4) is 0 Å². The molecule has 7 heteroatoms. The molecule has 0 aromatic heterocycles. The number of benzene rings is 1. The molecular formula is C12H13F4N3. The number of hydrogen-bond donors (Lipinski definition) is 2. The van der Waals surface area contributed by atoms with E-state index in [2.05, 4.69) is 0 Å². The predicted octanol–water partition coefficient (Wildman–Crippen LogP) is 2.64. The molecule has 0 radical (unpaired) electrons. The summed E-state index contributed by atoms with van der Waals surface area (Å²) in [5.74, 6) is -1.35. The van der Waals surface area contributed by atoms with E-state index in [1.54, 1.807) is 0 Å². The maximum atomic E-state index is 13.6. The summed E-state index contributed by atoms with van der Waals surface area (Å²) in [4.78, 5) is 1.08. The van der Waals surface area contributed by atoms with E-state index >= 15 is 0 Å². The van der Waals surface area contributed by atoms with Crippen LogP contribution in [0, 0.1) is 11.2 Å². The molecule has 0 amide bonds. The van der Waals surface area contributed by atoms with E-state index in [4.69, 9.17) is 11.1 Å². The molecule has 0 saturated heterocycles. The van der Waals surface area contributed by atoms with Gasteiger partial charge in [0.1, 0.15) is 18.2 Å². The van der Waals surface area contributed by atoms with Gasteiger partial charge in [0.05, 0.1) is 11.3 Å². The van der Waals surface area contributed by atoms with Crippen LogP contribution in [-0.4, -0.2) is 24.6 Å². The van der Waals surface area contributed by atoms with Crippen molar-refractivity contribution in [3.8, 4) is 0 Å². The maximum Gasteiger partial charge on any atom is 0.405 e. The van der Waals surface area contributed by atoms with Gasteiger partial charge in [0.25, 0.3) is 0 Å². The first-order valence-corrected chi connectivity index (χ1v) is 5.76. The van der Waals surface area contributed by atoms with Crippen LogP contribution in [0.1, 0.15) is 18.4 Å². The molecule has 0 spiro atoms. The van der Waals surface area contributed by atoms with Crippen molar-refractivity contribution >= 4 is 11.5 Å². The third-order valence-corrected chi connectivity index (χ3v) is 2.91. The minimum absolute atomic E-state index is 0.0346. The Morgan fingerprint density at radius 1 is 1.37 bits per heavy atom. The number of anilines is 1. The SMILES string of the molecule is N=C(N)c1c(F)cccc1N(CC(F)(F)F)C1CC1. The monoisotopic (exact) mass is 275 g/mol. The Kier molecular flexibility index (Phi) is 3.38. The molecule has 1 saturated carbocycles. The quantitative estimate of drug-likeness (QED) is 0.504. The van der Waals surface area contributed by atoms with Crippen molar-refractivity contribution in [2.45, 2.75) is 25.1 Å². The Hall–Kier alpha value is -1.79. The van der Waals surface area contributed by atoms with E-state index in [1.165, 1.54) is 12.1 Å². The number of amidine groups is 1. The molecule has 3 N–H and O–H groups in total. The minimum atomic E-state index is -4.39. The number of hydrogen-bond acceptors (Lipinski definition) is 2. The lowest BCUT2D eigenvalue weighted by Gasteiger charge is -2.28. The molecule has 0 heterocycles. The van der Waals surface area contributed by atoms with Crippen molar-refractivity contribution in [2.24, 2.45) is 5.73 Å². The zero-order valence-electron chi connectivity index (χ0n) is 9.97. The summed E-state index contributed by atoms with van der Waals surface area (Å²) in [5, 5.41) is 7.33. The highest BCUT2D eigenvalue weighted by molar-refractivity contribution is 6.00. The van der Waals surface area contributed by atoms with Crippen molar-refractivity contribution in [1.29, 1.82) is 5.41 Å². The highest BCUT2D eigenvalue weighted by Crippen LogP contribution is 2.36. The fourth-order valence-corrected chi connectivity index (χ4v) is 2.01. The Bertz CT molecular complexity index is 494. The molecule has 0 atom stereocenters. The van der Waals surface area contributed by atoms with Gasteiger partial charge >= 0.3 is 6.18 Å². The largest absolute Gasteiger partial charge is 0.405 e. The Labute approximate surface area is 107 Å². The van der Waals surface area contributed by atoms with Crippen LogP contribution < -0.4 is 10.6 Å². The molecule has 2 rings (SSSR count). The van der Waals surface area contributed by atoms with Crippen LogP contribution in [0.15, 0.2) is 18.2 Å². The van der Waals surface area contributed by atoms with Gasteiger partial charge in [0.2, 0.25) is 0 Å². The first-order chi connectivity index (χ1) is 8.79. The van der Waals surface area contributed by atoms with Gasteiger partial charge < -0.3 is 10.6 Å². The summed E-state index contributed by atoms with van der Waals surface area (Å²) in [6, 6.07) is 3.51. The van der Waals surface area contributed by atoms with Crippen LogP contribution in [0.25, 0.3) is 0 Å². The highest BCUT2D eigenvalue weighted by atomic mass is 19.4. The van der Waals surface area contributed by atoms with Crippen LogP contribution >= 0.6 is 0 Å². The summed E-state index contributed by atoms with van der Waals surface area (Å²) in [6.07, 6.45) is -3.13. The Balaban J connectivity index is 2.42. The molecule has 19 heavy (non-hydrogen) atoms. The van der Waals surface area contributed by atoms with Crippen LogP contribution in [0.2, 0.25) is 0 Å². The topological polar surface area (TPSA) is 53.1 Å². The summed E-state index contributed by atoms with van der Waals surface area (Å²) in [7, 11) is 0. The zero-order valence-corrected chi connectivity index (χ0v) is 9.97. The normalized spacial score (nSPS) is 15.4. The lowest BCUT2D eigenvalue weighted by molar-refractivity contribution is -0.120. The van der Waals surface area contributed by atoms with Gasteiger partial charge in [0, 0.05) is 6.04 Å². The number of nitrogens with one attached hydrogen (secondary N) is 1. The molecule has 1 aromatic rings. The lowest BCUT2D eigenvalue weighted by Crippen LogP contribution is -2.37. The Morgan fingerprint density at radius 2 is 2.00 bits per heavy atom. The van der Waals surface area contributed by atoms with Crippen molar-refractivity contribution < 1.29 is 17.6 Å². The zero-order chi connectivity index (χ0) is 14.2. The number of alkyl halides is 3. The second-order valence-corrected chi connectivity index (χ2v) is 4.52. The van der Waals surface area contributed by atoms with Crippen molar-refractivity contribution in [1.82, 2.24) is 0 Å². The van der Waals surface area contributed by atoms with Gasteiger partial charge in [0.15, 0.2) is 0 Å².